The van der Waals surface area contributed by atoms with Crippen molar-refractivity contribution in [2.75, 3.05) is 11.9 Å². The van der Waals surface area contributed by atoms with Crippen LogP contribution in [0.25, 0.3) is 0 Å². The van der Waals surface area contributed by atoms with Gasteiger partial charge in [0.15, 0.2) is 0 Å². The second-order valence-corrected chi connectivity index (χ2v) is 4.20. The Morgan fingerprint density at radius 3 is 2.40 bits per heavy atom. The summed E-state index contributed by atoms with van der Waals surface area (Å²) in [5.41, 5.74) is 0.0440. The van der Waals surface area contributed by atoms with Gasteiger partial charge in [-0.15, -0.1) is 0 Å². The zero-order valence-corrected chi connectivity index (χ0v) is 10.4. The molecule has 0 fully saturated rings. The largest absolute Gasteiger partial charge is 0.419 e. The van der Waals surface area contributed by atoms with Crippen LogP contribution in [0.1, 0.15) is 11.1 Å². The second kappa shape index (κ2) is 5.90. The predicted octanol–water partition coefficient (Wildman–Crippen LogP) is 3.89. The van der Waals surface area contributed by atoms with Crippen molar-refractivity contribution in [2.45, 2.75) is 12.6 Å². The van der Waals surface area contributed by atoms with E-state index in [1.54, 1.807) is 12.1 Å². The van der Waals surface area contributed by atoms with Gasteiger partial charge in [-0.2, -0.15) is 13.2 Å². The summed E-state index contributed by atoms with van der Waals surface area (Å²) in [6.45, 7) is 0.283. The number of hydrogen-bond acceptors (Lipinski definition) is 2. The third-order valence-corrected chi connectivity index (χ3v) is 2.73. The average molecular weight is 284 g/mol. The second-order valence-electron chi connectivity index (χ2n) is 4.20. The lowest BCUT2D eigenvalue weighted by Crippen LogP contribution is -2.14. The fourth-order valence-corrected chi connectivity index (χ4v) is 1.75. The van der Waals surface area contributed by atoms with Gasteiger partial charge in [-0.05, 0) is 36.2 Å². The van der Waals surface area contributed by atoms with Gasteiger partial charge in [-0.25, -0.2) is 9.37 Å². The van der Waals surface area contributed by atoms with Gasteiger partial charge in [0.2, 0.25) is 0 Å². The number of nitrogens with one attached hydrogen (secondary N) is 1. The topological polar surface area (TPSA) is 24.9 Å². The van der Waals surface area contributed by atoms with E-state index >= 15 is 0 Å². The molecule has 0 saturated heterocycles. The summed E-state index contributed by atoms with van der Waals surface area (Å²) in [5.74, 6) is -0.534. The maximum atomic E-state index is 12.7. The van der Waals surface area contributed by atoms with Crippen molar-refractivity contribution >= 4 is 5.82 Å². The Kier molecular flexibility index (Phi) is 4.22. The van der Waals surface area contributed by atoms with Crippen molar-refractivity contribution in [2.24, 2.45) is 0 Å². The predicted molar refractivity (Wildman–Crippen MR) is 67.8 cm³/mol. The molecular formula is C14H12F4N2. The lowest BCUT2D eigenvalue weighted by atomic mass is 10.1. The summed E-state index contributed by atoms with van der Waals surface area (Å²) in [7, 11) is 0. The van der Waals surface area contributed by atoms with Crippen LogP contribution in [-0.4, -0.2) is 11.5 Å². The quantitative estimate of drug-likeness (QED) is 0.861. The summed E-state index contributed by atoms with van der Waals surface area (Å²) in [6.07, 6.45) is -2.66. The third kappa shape index (κ3) is 3.69. The van der Waals surface area contributed by atoms with Crippen LogP contribution >= 0.6 is 0 Å². The van der Waals surface area contributed by atoms with Crippen molar-refractivity contribution in [3.8, 4) is 0 Å². The first-order valence-electron chi connectivity index (χ1n) is 5.97. The molecule has 0 aliphatic rings. The van der Waals surface area contributed by atoms with E-state index in [1.807, 2.05) is 0 Å². The molecule has 0 spiro atoms. The van der Waals surface area contributed by atoms with E-state index in [0.717, 1.165) is 11.6 Å². The highest BCUT2D eigenvalue weighted by molar-refractivity contribution is 5.45. The Labute approximate surface area is 113 Å². The van der Waals surface area contributed by atoms with Crippen LogP contribution in [0.3, 0.4) is 0 Å². The van der Waals surface area contributed by atoms with Crippen LogP contribution < -0.4 is 5.32 Å². The van der Waals surface area contributed by atoms with E-state index in [9.17, 15) is 17.6 Å². The molecule has 0 radical (unpaired) electrons. The molecule has 0 amide bonds. The van der Waals surface area contributed by atoms with Crippen LogP contribution in [0.15, 0.2) is 42.6 Å². The van der Waals surface area contributed by atoms with E-state index in [0.29, 0.717) is 6.42 Å². The van der Waals surface area contributed by atoms with Crippen molar-refractivity contribution in [1.82, 2.24) is 4.98 Å². The molecule has 2 aromatic rings. The van der Waals surface area contributed by atoms with Crippen molar-refractivity contribution in [3.05, 3.63) is 59.5 Å². The van der Waals surface area contributed by atoms with Crippen LogP contribution in [0.2, 0.25) is 0 Å². The number of rotatable bonds is 4. The Hall–Kier alpha value is -2.11. The highest BCUT2D eigenvalue weighted by Crippen LogP contribution is 2.33. The van der Waals surface area contributed by atoms with E-state index in [-0.39, 0.29) is 18.2 Å². The van der Waals surface area contributed by atoms with Gasteiger partial charge in [-0.1, -0.05) is 12.1 Å². The van der Waals surface area contributed by atoms with Crippen LogP contribution in [0.5, 0.6) is 0 Å². The van der Waals surface area contributed by atoms with Gasteiger partial charge < -0.3 is 5.32 Å². The molecule has 1 aromatic heterocycles. The maximum Gasteiger partial charge on any atom is 0.419 e. The maximum absolute atomic E-state index is 12.7. The van der Waals surface area contributed by atoms with Gasteiger partial charge in [-0.3, -0.25) is 0 Å². The molecular weight excluding hydrogens is 272 g/mol. The molecule has 0 saturated carbocycles. The van der Waals surface area contributed by atoms with Crippen molar-refractivity contribution in [1.29, 1.82) is 0 Å². The number of benzene rings is 1. The third-order valence-electron chi connectivity index (χ3n) is 2.73. The summed E-state index contributed by atoms with van der Waals surface area (Å²) < 4.78 is 50.9. The number of hydrogen-bond donors (Lipinski definition) is 1. The molecule has 2 nitrogen and oxygen atoms in total. The minimum absolute atomic E-state index is 0.192. The smallest absolute Gasteiger partial charge is 0.369 e. The Morgan fingerprint density at radius 2 is 1.75 bits per heavy atom. The Bertz CT molecular complexity index is 564. The van der Waals surface area contributed by atoms with Gasteiger partial charge >= 0.3 is 6.18 Å². The molecule has 20 heavy (non-hydrogen) atoms. The molecule has 0 bridgehead atoms. The van der Waals surface area contributed by atoms with E-state index < -0.39 is 11.7 Å². The molecule has 0 unspecified atom stereocenters. The van der Waals surface area contributed by atoms with E-state index in [4.69, 9.17) is 0 Å². The molecule has 1 heterocycles. The molecule has 0 aliphatic carbocycles. The lowest BCUT2D eigenvalue weighted by Gasteiger charge is -2.13. The highest BCUT2D eigenvalue weighted by atomic mass is 19.4. The van der Waals surface area contributed by atoms with Gasteiger partial charge in [0, 0.05) is 12.7 Å². The first-order valence-corrected chi connectivity index (χ1v) is 5.97. The van der Waals surface area contributed by atoms with Crippen molar-refractivity contribution < 1.29 is 17.6 Å². The molecule has 2 rings (SSSR count). The van der Waals surface area contributed by atoms with Crippen LogP contribution in [0.4, 0.5) is 23.4 Å². The summed E-state index contributed by atoms with van der Waals surface area (Å²) in [5, 5.41) is 2.66. The van der Waals surface area contributed by atoms with Crippen LogP contribution in [-0.2, 0) is 12.6 Å². The number of aromatic nitrogens is 1. The Balaban J connectivity index is 1.99. The first kappa shape index (κ1) is 14.3. The normalized spacial score (nSPS) is 11.4. The molecule has 1 aromatic carbocycles. The van der Waals surface area contributed by atoms with Crippen molar-refractivity contribution in [3.63, 3.8) is 0 Å². The highest BCUT2D eigenvalue weighted by Gasteiger charge is 2.33. The van der Waals surface area contributed by atoms with Crippen LogP contribution in [0, 0.1) is 5.82 Å². The molecule has 0 atom stereocenters. The number of halogens is 4. The first-order chi connectivity index (χ1) is 9.47. The van der Waals surface area contributed by atoms with E-state index in [1.165, 1.54) is 24.4 Å². The Morgan fingerprint density at radius 1 is 1.05 bits per heavy atom. The summed E-state index contributed by atoms with van der Waals surface area (Å²) in [6, 6.07) is 8.05. The van der Waals surface area contributed by atoms with E-state index in [2.05, 4.69) is 10.3 Å². The SMILES string of the molecule is Fc1ccc(CCNc2ncccc2C(F)(F)F)cc1. The fraction of sp³-hybridized carbons (Fsp3) is 0.214. The average Bonchev–Trinajstić information content (AvgIpc) is 2.40. The fourth-order valence-electron chi connectivity index (χ4n) is 1.75. The minimum atomic E-state index is -4.44. The molecule has 0 aliphatic heterocycles. The number of alkyl halides is 3. The number of nitrogens with zero attached hydrogens (tertiary/aromatic N) is 1. The lowest BCUT2D eigenvalue weighted by molar-refractivity contribution is -0.137. The minimum Gasteiger partial charge on any atom is -0.369 e. The number of pyridine rings is 1. The van der Waals surface area contributed by atoms with Gasteiger partial charge in [0.05, 0.1) is 5.56 Å². The van der Waals surface area contributed by atoms with Gasteiger partial charge in [0.1, 0.15) is 11.6 Å². The summed E-state index contributed by atoms with van der Waals surface area (Å²) >= 11 is 0. The monoisotopic (exact) mass is 284 g/mol. The zero-order valence-electron chi connectivity index (χ0n) is 10.4. The molecule has 106 valence electrons. The molecule has 6 heteroatoms. The summed E-state index contributed by atoms with van der Waals surface area (Å²) in [4.78, 5) is 3.70. The standard InChI is InChI=1S/C14H12F4N2/c15-11-5-3-10(4-6-11)7-9-20-13-12(14(16,17)18)2-1-8-19-13/h1-6,8H,7,9H2,(H,19,20). The molecule has 1 N–H and O–H groups in total. The number of anilines is 1. The zero-order chi connectivity index (χ0) is 14.6. The van der Waals surface area contributed by atoms with Gasteiger partial charge in [0.25, 0.3) is 0 Å².